The highest BCUT2D eigenvalue weighted by atomic mass is 32.2. The maximum Gasteiger partial charge on any atom is 0.216 e. The van der Waals surface area contributed by atoms with Crippen LogP contribution in [0.5, 0.6) is 0 Å². The number of aryl methyl sites for hydroxylation is 1. The molecule has 0 aromatic heterocycles. The number of hydrogen-bond acceptors (Lipinski definition) is 3. The number of ether oxygens (including phenoxy) is 1. The van der Waals surface area contributed by atoms with Crippen molar-refractivity contribution in [3.05, 3.63) is 35.4 Å². The summed E-state index contributed by atoms with van der Waals surface area (Å²) in [4.78, 5) is 0. The summed E-state index contributed by atoms with van der Waals surface area (Å²) in [5, 5.41) is 0. The molecule has 0 aliphatic carbocycles. The second-order valence-corrected chi connectivity index (χ2v) is 6.18. The van der Waals surface area contributed by atoms with Crippen LogP contribution in [0, 0.1) is 6.92 Å². The predicted octanol–water partition coefficient (Wildman–Crippen LogP) is 1.20. The molecule has 1 atom stereocenters. The fourth-order valence-corrected chi connectivity index (χ4v) is 3.24. The van der Waals surface area contributed by atoms with Crippen molar-refractivity contribution in [2.75, 3.05) is 13.2 Å². The van der Waals surface area contributed by atoms with Gasteiger partial charge < -0.3 is 4.74 Å². The summed E-state index contributed by atoms with van der Waals surface area (Å²) in [5.41, 5.74) is 1.94. The van der Waals surface area contributed by atoms with Crippen LogP contribution in [0.2, 0.25) is 0 Å². The Labute approximate surface area is 102 Å². The summed E-state index contributed by atoms with van der Waals surface area (Å²) in [7, 11) is -3.26. The van der Waals surface area contributed by atoms with Gasteiger partial charge in [-0.2, -0.15) is 0 Å². The number of hydrogen-bond donors (Lipinski definition) is 1. The van der Waals surface area contributed by atoms with Crippen molar-refractivity contribution in [1.82, 2.24) is 4.72 Å². The zero-order valence-electron chi connectivity index (χ0n) is 9.85. The van der Waals surface area contributed by atoms with Crippen molar-refractivity contribution in [2.24, 2.45) is 0 Å². The summed E-state index contributed by atoms with van der Waals surface area (Å²) < 4.78 is 31.6. The third-order valence-corrected chi connectivity index (χ3v) is 4.16. The molecule has 1 heterocycles. The van der Waals surface area contributed by atoms with Gasteiger partial charge in [-0.25, -0.2) is 13.1 Å². The molecular weight excluding hydrogens is 238 g/mol. The summed E-state index contributed by atoms with van der Waals surface area (Å²) in [5.74, 6) is 0.0315. The van der Waals surface area contributed by atoms with Gasteiger partial charge in [0.15, 0.2) is 0 Å². The molecule has 1 aliphatic heterocycles. The minimum Gasteiger partial charge on any atom is -0.380 e. The van der Waals surface area contributed by atoms with Gasteiger partial charge in [0.05, 0.1) is 12.4 Å². The average Bonchev–Trinajstić information content (AvgIpc) is 2.73. The second kappa shape index (κ2) is 5.16. The first-order valence-corrected chi connectivity index (χ1v) is 7.34. The number of sulfonamides is 1. The van der Waals surface area contributed by atoms with Crippen LogP contribution in [-0.4, -0.2) is 27.7 Å². The lowest BCUT2D eigenvalue weighted by Crippen LogP contribution is -2.35. The normalized spacial score (nSPS) is 20.6. The van der Waals surface area contributed by atoms with E-state index in [2.05, 4.69) is 4.72 Å². The van der Waals surface area contributed by atoms with Gasteiger partial charge in [0, 0.05) is 12.6 Å². The molecule has 1 unspecified atom stereocenters. The molecule has 0 amide bonds. The van der Waals surface area contributed by atoms with Crippen molar-refractivity contribution in [3.63, 3.8) is 0 Å². The molecule has 1 saturated heterocycles. The SMILES string of the molecule is Cc1ccc(CS(=O)(=O)NC2CCOC2)cc1. The van der Waals surface area contributed by atoms with Crippen LogP contribution in [0.15, 0.2) is 24.3 Å². The standard InChI is InChI=1S/C12H17NO3S/c1-10-2-4-11(5-3-10)9-17(14,15)13-12-6-7-16-8-12/h2-5,12-13H,6-9H2,1H3. The van der Waals surface area contributed by atoms with Gasteiger partial charge in [-0.1, -0.05) is 29.8 Å². The Hall–Kier alpha value is -0.910. The fourth-order valence-electron chi connectivity index (χ4n) is 1.83. The minimum absolute atomic E-state index is 0.0315. The van der Waals surface area contributed by atoms with Crippen molar-refractivity contribution in [1.29, 1.82) is 0 Å². The van der Waals surface area contributed by atoms with Gasteiger partial charge in [0.2, 0.25) is 10.0 Å². The van der Waals surface area contributed by atoms with E-state index in [-0.39, 0.29) is 11.8 Å². The zero-order chi connectivity index (χ0) is 12.3. The van der Waals surface area contributed by atoms with Crippen LogP contribution in [0.3, 0.4) is 0 Å². The molecule has 1 aromatic rings. The van der Waals surface area contributed by atoms with Gasteiger partial charge >= 0.3 is 0 Å². The molecule has 1 aromatic carbocycles. The van der Waals surface area contributed by atoms with Crippen LogP contribution in [-0.2, 0) is 20.5 Å². The molecule has 1 fully saturated rings. The highest BCUT2D eigenvalue weighted by Crippen LogP contribution is 2.10. The molecule has 0 saturated carbocycles. The average molecular weight is 255 g/mol. The van der Waals surface area contributed by atoms with Crippen LogP contribution >= 0.6 is 0 Å². The van der Waals surface area contributed by atoms with E-state index in [9.17, 15) is 8.42 Å². The summed E-state index contributed by atoms with van der Waals surface area (Å²) >= 11 is 0. The Kier molecular flexibility index (Phi) is 3.81. The first kappa shape index (κ1) is 12.5. The molecule has 0 bridgehead atoms. The molecule has 0 spiro atoms. The smallest absolute Gasteiger partial charge is 0.216 e. The van der Waals surface area contributed by atoms with E-state index >= 15 is 0 Å². The first-order chi connectivity index (χ1) is 8.05. The van der Waals surface area contributed by atoms with Crippen LogP contribution in [0.25, 0.3) is 0 Å². The van der Waals surface area contributed by atoms with E-state index in [0.717, 1.165) is 17.5 Å². The van der Waals surface area contributed by atoms with Crippen LogP contribution in [0.4, 0.5) is 0 Å². The second-order valence-electron chi connectivity index (χ2n) is 4.42. The molecule has 2 rings (SSSR count). The monoisotopic (exact) mass is 255 g/mol. The van der Waals surface area contributed by atoms with E-state index in [1.165, 1.54) is 0 Å². The maximum absolute atomic E-state index is 11.9. The topological polar surface area (TPSA) is 55.4 Å². The Balaban J connectivity index is 1.98. The fraction of sp³-hybridized carbons (Fsp3) is 0.500. The molecule has 0 radical (unpaired) electrons. The number of nitrogens with one attached hydrogen (secondary N) is 1. The van der Waals surface area contributed by atoms with Gasteiger partial charge in [-0.15, -0.1) is 0 Å². The van der Waals surface area contributed by atoms with Crippen molar-refractivity contribution in [2.45, 2.75) is 25.1 Å². The van der Waals surface area contributed by atoms with Crippen LogP contribution in [0.1, 0.15) is 17.5 Å². The molecule has 1 aliphatic rings. The van der Waals surface area contributed by atoms with Crippen molar-refractivity contribution >= 4 is 10.0 Å². The minimum atomic E-state index is -3.26. The lowest BCUT2D eigenvalue weighted by molar-refractivity contribution is 0.192. The molecule has 94 valence electrons. The summed E-state index contributed by atoms with van der Waals surface area (Å²) in [6.07, 6.45) is 0.757. The van der Waals surface area contributed by atoms with Gasteiger partial charge in [0.1, 0.15) is 0 Å². The van der Waals surface area contributed by atoms with Gasteiger partial charge in [-0.05, 0) is 18.9 Å². The first-order valence-electron chi connectivity index (χ1n) is 5.68. The number of benzene rings is 1. The molecule has 17 heavy (non-hydrogen) atoms. The highest BCUT2D eigenvalue weighted by molar-refractivity contribution is 7.88. The van der Waals surface area contributed by atoms with E-state index in [0.29, 0.717) is 13.2 Å². The summed E-state index contributed by atoms with van der Waals surface area (Å²) in [6, 6.07) is 7.47. The summed E-state index contributed by atoms with van der Waals surface area (Å²) in [6.45, 7) is 3.09. The third kappa shape index (κ3) is 3.80. The van der Waals surface area contributed by atoms with Gasteiger partial charge in [-0.3, -0.25) is 0 Å². The van der Waals surface area contributed by atoms with Crippen molar-refractivity contribution < 1.29 is 13.2 Å². The molecule has 4 nitrogen and oxygen atoms in total. The van der Waals surface area contributed by atoms with Gasteiger partial charge in [0.25, 0.3) is 0 Å². The molecular formula is C12H17NO3S. The highest BCUT2D eigenvalue weighted by Gasteiger charge is 2.21. The largest absolute Gasteiger partial charge is 0.380 e. The van der Waals surface area contributed by atoms with E-state index in [1.54, 1.807) is 0 Å². The Morgan fingerprint density at radius 2 is 2.06 bits per heavy atom. The third-order valence-electron chi connectivity index (χ3n) is 2.75. The zero-order valence-corrected chi connectivity index (χ0v) is 10.7. The Morgan fingerprint density at radius 3 is 2.65 bits per heavy atom. The Bertz CT molecular complexity index is 461. The lowest BCUT2D eigenvalue weighted by Gasteiger charge is -2.11. The molecule has 1 N–H and O–H groups in total. The van der Waals surface area contributed by atoms with E-state index in [4.69, 9.17) is 4.74 Å². The Morgan fingerprint density at radius 1 is 1.35 bits per heavy atom. The molecule has 5 heteroatoms. The number of rotatable bonds is 4. The predicted molar refractivity (Wildman–Crippen MR) is 66.2 cm³/mol. The van der Waals surface area contributed by atoms with E-state index in [1.807, 2.05) is 31.2 Å². The van der Waals surface area contributed by atoms with Crippen molar-refractivity contribution in [3.8, 4) is 0 Å². The quantitative estimate of drug-likeness (QED) is 0.879. The maximum atomic E-state index is 11.9. The van der Waals surface area contributed by atoms with Crippen LogP contribution < -0.4 is 4.72 Å². The van der Waals surface area contributed by atoms with E-state index < -0.39 is 10.0 Å². The lowest BCUT2D eigenvalue weighted by atomic mass is 10.2.